The monoisotopic (exact) mass is 710 g/mol. The van der Waals surface area contributed by atoms with Crippen LogP contribution in [0.15, 0.2) is 72.8 Å². The highest BCUT2D eigenvalue weighted by atomic mass is 16.3. The predicted octanol–water partition coefficient (Wildman–Crippen LogP) is 1.80. The number of amides is 6. The van der Waals surface area contributed by atoms with E-state index in [-0.39, 0.29) is 18.8 Å². The van der Waals surface area contributed by atoms with Gasteiger partial charge in [0.25, 0.3) is 5.91 Å². The number of fused-ring (bicyclic) bond motifs is 1. The molecule has 52 heavy (non-hydrogen) atoms. The van der Waals surface area contributed by atoms with Crippen molar-refractivity contribution < 1.29 is 33.9 Å². The third-order valence-electron chi connectivity index (χ3n) is 9.31. The van der Waals surface area contributed by atoms with Gasteiger partial charge >= 0.3 is 0 Å². The molecule has 0 saturated heterocycles. The van der Waals surface area contributed by atoms with Gasteiger partial charge in [-0.1, -0.05) is 105 Å². The standard InChI is InChI=1S/C38H47BN6O7/c1-2-11-28(33(47)37(51)41-22-30(46)44-31(34(40)48)25-13-5-3-6-14-25)42-35(49)29(21-23-18-19-24-12-9-10-17-27(24)20-23)43-36(50)32(45-38(39)52)26-15-7-4-8-16-26/h3,5-6,9-10,12-14,17-20,26,28-29,31-33,47H,2,4,7-8,11,15-16,21-22H2,1H3,(H2,40,48)(H,41,51)(H,42,49)(H,43,50)(H,44,46)(H,45,52)/t28?,29-,31-,32-,33?/m0/s1. The summed E-state index contributed by atoms with van der Waals surface area (Å²) >= 11 is 0. The van der Waals surface area contributed by atoms with Crippen molar-refractivity contribution in [1.29, 1.82) is 0 Å². The number of benzene rings is 3. The van der Waals surface area contributed by atoms with Crippen LogP contribution < -0.4 is 32.3 Å². The summed E-state index contributed by atoms with van der Waals surface area (Å²) in [7, 11) is 5.45. The lowest BCUT2D eigenvalue weighted by Crippen LogP contribution is -2.59. The third kappa shape index (κ3) is 11.4. The zero-order valence-electron chi connectivity index (χ0n) is 29.3. The van der Waals surface area contributed by atoms with Gasteiger partial charge < -0.3 is 37.4 Å². The van der Waals surface area contributed by atoms with E-state index in [9.17, 15) is 33.9 Å². The van der Waals surface area contributed by atoms with Crippen LogP contribution in [0.3, 0.4) is 0 Å². The Hall–Kier alpha value is -5.24. The second-order valence-electron chi connectivity index (χ2n) is 13.2. The van der Waals surface area contributed by atoms with Crippen molar-refractivity contribution in [2.45, 2.75) is 88.6 Å². The van der Waals surface area contributed by atoms with Crippen LogP contribution in [0.4, 0.5) is 4.79 Å². The third-order valence-corrected chi connectivity index (χ3v) is 9.31. The molecule has 0 aliphatic heterocycles. The number of aliphatic hydroxyl groups is 1. The Kier molecular flexibility index (Phi) is 14.8. The van der Waals surface area contributed by atoms with Crippen molar-refractivity contribution in [3.05, 3.63) is 83.9 Å². The SMILES string of the molecule is [B]C(=O)N[C@H](C(=O)N[C@@H](Cc1ccc2ccccc2c1)C(=O)NC(CCC)C(O)C(=O)NCC(=O)N[C@H](C(N)=O)c1ccccc1)C1CCCCC1. The van der Waals surface area contributed by atoms with Crippen molar-refractivity contribution in [1.82, 2.24) is 26.6 Å². The number of carbonyl (C=O) groups excluding carboxylic acids is 6. The zero-order valence-corrected chi connectivity index (χ0v) is 29.3. The summed E-state index contributed by atoms with van der Waals surface area (Å²) in [6.07, 6.45) is 3.22. The molecule has 1 fully saturated rings. The van der Waals surface area contributed by atoms with Gasteiger partial charge in [0.1, 0.15) is 18.1 Å². The predicted molar refractivity (Wildman–Crippen MR) is 197 cm³/mol. The van der Waals surface area contributed by atoms with E-state index in [1.165, 1.54) is 0 Å². The number of aliphatic hydroxyl groups excluding tert-OH is 1. The van der Waals surface area contributed by atoms with Crippen LogP contribution in [0.1, 0.15) is 69.0 Å². The number of primary amides is 1. The molecule has 0 heterocycles. The van der Waals surface area contributed by atoms with Crippen molar-refractivity contribution in [3.63, 3.8) is 0 Å². The van der Waals surface area contributed by atoms with Crippen molar-refractivity contribution >= 4 is 54.0 Å². The molecule has 6 amide bonds. The van der Waals surface area contributed by atoms with E-state index in [2.05, 4.69) is 26.6 Å². The maximum atomic E-state index is 14.0. The summed E-state index contributed by atoms with van der Waals surface area (Å²) in [6, 6.07) is 17.4. The fourth-order valence-corrected chi connectivity index (χ4v) is 6.62. The lowest BCUT2D eigenvalue weighted by molar-refractivity contribution is -0.136. The summed E-state index contributed by atoms with van der Waals surface area (Å²) < 4.78 is 0. The van der Waals surface area contributed by atoms with Crippen LogP contribution in [0.2, 0.25) is 0 Å². The Labute approximate surface area is 304 Å². The molecule has 274 valence electrons. The Bertz CT molecular complexity index is 1720. The number of hydrogen-bond acceptors (Lipinski definition) is 7. The van der Waals surface area contributed by atoms with E-state index >= 15 is 0 Å². The molecule has 3 aromatic carbocycles. The van der Waals surface area contributed by atoms with E-state index in [1.807, 2.05) is 49.4 Å². The summed E-state index contributed by atoms with van der Waals surface area (Å²) in [5, 5.41) is 25.9. The molecule has 13 nitrogen and oxygen atoms in total. The summed E-state index contributed by atoms with van der Waals surface area (Å²) in [5.41, 5.74) is 6.68. The average molecular weight is 711 g/mol. The molecule has 8 N–H and O–H groups in total. The molecule has 2 radical (unpaired) electrons. The molecule has 5 atom stereocenters. The Balaban J connectivity index is 1.48. The van der Waals surface area contributed by atoms with Gasteiger partial charge in [-0.05, 0) is 47.1 Å². The number of hydrogen-bond donors (Lipinski definition) is 7. The molecule has 14 heteroatoms. The first-order valence-electron chi connectivity index (χ1n) is 17.7. The fourth-order valence-electron chi connectivity index (χ4n) is 6.62. The number of nitrogens with two attached hydrogens (primary N) is 1. The van der Waals surface area contributed by atoms with Gasteiger partial charge in [-0.2, -0.15) is 0 Å². The minimum absolute atomic E-state index is 0.0696. The fraction of sp³-hybridized carbons (Fsp3) is 0.421. The molecule has 1 aliphatic rings. The second-order valence-corrected chi connectivity index (χ2v) is 13.2. The van der Waals surface area contributed by atoms with Crippen LogP contribution in [0.25, 0.3) is 10.8 Å². The highest BCUT2D eigenvalue weighted by molar-refractivity contribution is 6.57. The van der Waals surface area contributed by atoms with Crippen molar-refractivity contribution in [2.75, 3.05) is 6.54 Å². The molecular formula is C38H47BN6O7. The zero-order chi connectivity index (χ0) is 37.6. The molecule has 0 bridgehead atoms. The van der Waals surface area contributed by atoms with Crippen molar-refractivity contribution in [2.24, 2.45) is 11.7 Å². The van der Waals surface area contributed by atoms with Gasteiger partial charge in [0.2, 0.25) is 31.5 Å². The summed E-state index contributed by atoms with van der Waals surface area (Å²) in [6.45, 7) is 1.23. The molecular weight excluding hydrogens is 663 g/mol. The van der Waals surface area contributed by atoms with E-state index in [4.69, 9.17) is 13.6 Å². The largest absolute Gasteiger partial charge is 0.381 e. The lowest BCUT2D eigenvalue weighted by Gasteiger charge is -2.32. The van der Waals surface area contributed by atoms with Crippen LogP contribution in [-0.4, -0.2) is 79.1 Å². The van der Waals surface area contributed by atoms with Crippen LogP contribution in [0, 0.1) is 5.92 Å². The Morgan fingerprint density at radius 3 is 2.13 bits per heavy atom. The number of carbonyl (C=O) groups is 6. The summed E-state index contributed by atoms with van der Waals surface area (Å²) in [4.78, 5) is 77.4. The van der Waals surface area contributed by atoms with Gasteiger partial charge in [0.15, 0.2) is 11.9 Å². The van der Waals surface area contributed by atoms with Crippen LogP contribution in [-0.2, 0) is 30.4 Å². The van der Waals surface area contributed by atoms with Crippen molar-refractivity contribution in [3.8, 4) is 0 Å². The van der Waals surface area contributed by atoms with E-state index in [0.29, 0.717) is 24.8 Å². The molecule has 2 unspecified atom stereocenters. The average Bonchev–Trinajstić information content (AvgIpc) is 3.14. The quantitative estimate of drug-likeness (QED) is 0.103. The maximum absolute atomic E-state index is 14.0. The first kappa shape index (κ1) is 39.5. The lowest BCUT2D eigenvalue weighted by atomic mass is 9.83. The molecule has 1 aliphatic carbocycles. The van der Waals surface area contributed by atoms with E-state index < -0.39 is 72.2 Å². The molecule has 3 aromatic rings. The molecule has 0 aromatic heterocycles. The Morgan fingerprint density at radius 2 is 1.48 bits per heavy atom. The highest BCUT2D eigenvalue weighted by Gasteiger charge is 2.35. The van der Waals surface area contributed by atoms with Crippen LogP contribution in [0.5, 0.6) is 0 Å². The van der Waals surface area contributed by atoms with Gasteiger partial charge in [0.05, 0.1) is 12.6 Å². The highest BCUT2D eigenvalue weighted by Crippen LogP contribution is 2.27. The van der Waals surface area contributed by atoms with Gasteiger partial charge in [-0.15, -0.1) is 0 Å². The Morgan fingerprint density at radius 1 is 0.808 bits per heavy atom. The molecule has 4 rings (SSSR count). The van der Waals surface area contributed by atoms with E-state index in [0.717, 1.165) is 35.6 Å². The number of nitrogens with one attached hydrogen (secondary N) is 5. The number of rotatable bonds is 17. The van der Waals surface area contributed by atoms with Crippen LogP contribution >= 0.6 is 0 Å². The van der Waals surface area contributed by atoms with Gasteiger partial charge in [-0.3, -0.25) is 28.8 Å². The first-order chi connectivity index (χ1) is 25.0. The summed E-state index contributed by atoms with van der Waals surface area (Å²) in [5.74, 6) is -4.67. The minimum atomic E-state index is -1.76. The second kappa shape index (κ2) is 19.4. The maximum Gasteiger partial charge on any atom is 0.251 e. The minimum Gasteiger partial charge on any atom is -0.381 e. The molecule has 1 saturated carbocycles. The molecule has 0 spiro atoms. The van der Waals surface area contributed by atoms with Gasteiger partial charge in [-0.25, -0.2) is 0 Å². The smallest absolute Gasteiger partial charge is 0.251 e. The normalized spacial score (nSPS) is 16.0. The van der Waals surface area contributed by atoms with Gasteiger partial charge in [0, 0.05) is 6.42 Å². The topological polar surface area (TPSA) is 209 Å². The van der Waals surface area contributed by atoms with E-state index in [1.54, 1.807) is 30.3 Å². The first-order valence-corrected chi connectivity index (χ1v) is 17.7.